The van der Waals surface area contributed by atoms with E-state index >= 15 is 0 Å². The summed E-state index contributed by atoms with van der Waals surface area (Å²) in [6.45, 7) is 58.1. The summed E-state index contributed by atoms with van der Waals surface area (Å²) in [5, 5.41) is 5.19. The van der Waals surface area contributed by atoms with Gasteiger partial charge in [-0.25, -0.2) is 0 Å². The van der Waals surface area contributed by atoms with Crippen molar-refractivity contribution in [2.75, 3.05) is 15.1 Å². The summed E-state index contributed by atoms with van der Waals surface area (Å²) in [5.41, 5.74) is 28.8. The normalized spacial score (nSPS) is 21.3. The van der Waals surface area contributed by atoms with Crippen LogP contribution >= 0.6 is 55.1 Å². The van der Waals surface area contributed by atoms with Gasteiger partial charge in [0.15, 0.2) is 0 Å². The highest BCUT2D eigenvalue weighted by Crippen LogP contribution is 2.56. The summed E-state index contributed by atoms with van der Waals surface area (Å²) in [6.07, 6.45) is 14.4. The van der Waals surface area contributed by atoms with Crippen molar-refractivity contribution in [3.05, 3.63) is 231 Å². The van der Waals surface area contributed by atoms with Gasteiger partial charge in [-0.2, -0.15) is 0 Å². The second kappa shape index (κ2) is 26.8. The van der Waals surface area contributed by atoms with Crippen LogP contribution in [0.5, 0.6) is 0 Å². The molecule has 3 nitrogen and oxygen atoms in total. The van der Waals surface area contributed by atoms with E-state index in [1.165, 1.54) is 178 Å². The Labute approximate surface area is 650 Å². The molecule has 7 heteroatoms. The van der Waals surface area contributed by atoms with Gasteiger partial charge in [-0.15, -0.1) is 0 Å². The molecule has 6 aliphatic rings. The van der Waals surface area contributed by atoms with Crippen LogP contribution in [0.3, 0.4) is 0 Å². The Morgan fingerprint density at radius 2 is 0.417 bits per heavy atom. The summed E-state index contributed by atoms with van der Waals surface area (Å²) in [7, 11) is 0. The first-order chi connectivity index (χ1) is 47.5. The Morgan fingerprint density at radius 3 is 0.641 bits per heavy atom. The van der Waals surface area contributed by atoms with Gasteiger partial charge in [-0.05, 0) is 318 Å². The van der Waals surface area contributed by atoms with Crippen molar-refractivity contribution in [2.24, 2.45) is 0 Å². The molecule has 0 saturated carbocycles. The number of halogens is 4. The molecule has 548 valence electrons. The van der Waals surface area contributed by atoms with Gasteiger partial charge < -0.3 is 15.1 Å². The average Bonchev–Trinajstić information content (AvgIpc) is 0.747. The van der Waals surface area contributed by atoms with Crippen LogP contribution in [-0.2, 0) is 65.0 Å². The molecular formula is C96H121Br2Cl2N3. The van der Waals surface area contributed by atoms with Crippen LogP contribution in [0, 0.1) is 0 Å². The van der Waals surface area contributed by atoms with Crippen LogP contribution in [-0.4, -0.2) is 0 Å². The van der Waals surface area contributed by atoms with E-state index in [-0.39, 0.29) is 65.0 Å². The Balaban J connectivity index is 0.000000215. The van der Waals surface area contributed by atoms with Crippen molar-refractivity contribution in [1.82, 2.24) is 0 Å². The van der Waals surface area contributed by atoms with Crippen LogP contribution in [0.15, 0.2) is 155 Å². The van der Waals surface area contributed by atoms with Crippen LogP contribution in [0.25, 0.3) is 0 Å². The average molecular weight is 1550 g/mol. The van der Waals surface area contributed by atoms with E-state index < -0.39 is 0 Å². The summed E-state index contributed by atoms with van der Waals surface area (Å²) >= 11 is 19.8. The number of nitrogens with one attached hydrogen (secondary N) is 1. The van der Waals surface area contributed by atoms with Gasteiger partial charge in [0.05, 0.1) is 0 Å². The molecular weight excluding hydrogens is 1430 g/mol. The molecule has 103 heavy (non-hydrogen) atoms. The maximum absolute atomic E-state index is 7.53. The minimum absolute atomic E-state index is 0.0638. The summed E-state index contributed by atoms with van der Waals surface area (Å²) in [5.74, 6) is 0. The minimum atomic E-state index is 0.0638. The molecule has 14 rings (SSSR count). The third-order valence-electron chi connectivity index (χ3n) is 26.6. The third kappa shape index (κ3) is 15.2. The molecule has 0 aromatic heterocycles. The summed E-state index contributed by atoms with van der Waals surface area (Å²) < 4.78 is 1.98. The molecule has 8 aromatic rings. The van der Waals surface area contributed by atoms with Crippen molar-refractivity contribution >= 4 is 101 Å². The lowest BCUT2D eigenvalue weighted by atomic mass is 9.63. The van der Waals surface area contributed by atoms with E-state index in [2.05, 4.69) is 341 Å². The van der Waals surface area contributed by atoms with Gasteiger partial charge in [-0.3, -0.25) is 0 Å². The highest BCUT2D eigenvalue weighted by molar-refractivity contribution is 9.11. The van der Waals surface area contributed by atoms with Crippen LogP contribution in [0.1, 0.15) is 310 Å². The van der Waals surface area contributed by atoms with Crippen LogP contribution in [0.2, 0.25) is 10.0 Å². The zero-order chi connectivity index (χ0) is 75.2. The van der Waals surface area contributed by atoms with Gasteiger partial charge in [0, 0.05) is 64.5 Å². The number of rotatable bonds is 8. The van der Waals surface area contributed by atoms with Gasteiger partial charge >= 0.3 is 0 Å². The van der Waals surface area contributed by atoms with E-state index in [4.69, 9.17) is 23.2 Å². The number of nitrogens with zero attached hydrogens (tertiary/aromatic N) is 2. The molecule has 6 aliphatic carbocycles. The molecule has 0 aliphatic heterocycles. The molecule has 1 N–H and O–H groups in total. The van der Waals surface area contributed by atoms with E-state index in [1.807, 2.05) is 18.2 Å². The molecule has 0 spiro atoms. The van der Waals surface area contributed by atoms with Crippen molar-refractivity contribution in [1.29, 1.82) is 0 Å². The molecule has 0 radical (unpaired) electrons. The van der Waals surface area contributed by atoms with Gasteiger partial charge in [0.2, 0.25) is 0 Å². The fourth-order valence-corrected chi connectivity index (χ4v) is 20.6. The lowest BCUT2D eigenvalue weighted by Gasteiger charge is -2.44. The minimum Gasteiger partial charge on any atom is -0.356 e. The molecule has 0 amide bonds. The smallest absolute Gasteiger partial charge is 0.0497 e. The number of hydrogen-bond donors (Lipinski definition) is 1. The maximum atomic E-state index is 7.53. The van der Waals surface area contributed by atoms with Crippen molar-refractivity contribution in [3.63, 3.8) is 0 Å². The topological polar surface area (TPSA) is 18.5 Å². The van der Waals surface area contributed by atoms with Gasteiger partial charge in [-0.1, -0.05) is 258 Å². The second-order valence-corrected chi connectivity index (χ2v) is 42.8. The molecule has 0 unspecified atom stereocenters. The van der Waals surface area contributed by atoms with Crippen LogP contribution in [0.4, 0.5) is 45.5 Å². The number of anilines is 8. The predicted molar refractivity (Wildman–Crippen MR) is 456 cm³/mol. The lowest BCUT2D eigenvalue weighted by Crippen LogP contribution is -2.34. The third-order valence-corrected chi connectivity index (χ3v) is 27.9. The quantitative estimate of drug-likeness (QED) is 0.164. The first-order valence-corrected chi connectivity index (χ1v) is 41.1. The molecule has 0 saturated heterocycles. The van der Waals surface area contributed by atoms with Crippen molar-refractivity contribution in [2.45, 2.75) is 308 Å². The Morgan fingerprint density at radius 1 is 0.223 bits per heavy atom. The van der Waals surface area contributed by atoms with Crippen LogP contribution < -0.4 is 15.1 Å². The first kappa shape index (κ1) is 77.3. The molecule has 0 atom stereocenters. The Bertz CT molecular complexity index is 4110. The van der Waals surface area contributed by atoms with Crippen molar-refractivity contribution < 1.29 is 0 Å². The highest BCUT2D eigenvalue weighted by atomic mass is 79.9. The predicted octanol–water partition coefficient (Wildman–Crippen LogP) is 30.7. The number of fused-ring (bicyclic) bond motifs is 6. The van der Waals surface area contributed by atoms with Crippen molar-refractivity contribution in [3.8, 4) is 0 Å². The first-order valence-electron chi connectivity index (χ1n) is 38.7. The monoisotopic (exact) mass is 1540 g/mol. The van der Waals surface area contributed by atoms with E-state index in [0.717, 1.165) is 30.4 Å². The lowest BCUT2D eigenvalue weighted by molar-refractivity contribution is 0.332. The Kier molecular flexibility index (Phi) is 20.1. The fraction of sp³-hybridized carbons (Fsp3) is 0.500. The largest absolute Gasteiger partial charge is 0.356 e. The summed E-state index contributed by atoms with van der Waals surface area (Å²) in [6, 6.07) is 55.9. The van der Waals surface area contributed by atoms with E-state index in [0.29, 0.717) is 0 Å². The SMILES string of the molecule is CC1(C)CCC(C)(C)c2cc(N(c3cc(Cl)cc(N(c4ccc5c(c4)C(C)(C)CCC5(C)C)c4ccc5c(c4)C(C)(C)CCC5(C)C)c3)c3ccc4c(c3)C(C)(C)CCC4(C)C)ccc21.CC1(C)CCC(C)(C)c2cc(Nc3ccc4c(c3)C(C)(C)CCC4(C)C)ccc21.Clc1cc(Br)cc(Br)c1. The van der Waals surface area contributed by atoms with E-state index in [1.54, 1.807) is 0 Å². The Hall–Kier alpha value is -5.30. The molecule has 0 heterocycles. The number of hydrogen-bond acceptors (Lipinski definition) is 3. The molecule has 0 bridgehead atoms. The second-order valence-electron chi connectivity index (χ2n) is 40.1. The zero-order valence-electron chi connectivity index (χ0n) is 67.2. The van der Waals surface area contributed by atoms with Gasteiger partial charge in [0.1, 0.15) is 0 Å². The number of benzene rings is 8. The molecule has 0 fully saturated rings. The maximum Gasteiger partial charge on any atom is 0.0497 e. The zero-order valence-corrected chi connectivity index (χ0v) is 71.9. The van der Waals surface area contributed by atoms with Gasteiger partial charge in [0.25, 0.3) is 0 Å². The standard InChI is InChI=1S/C62H79ClN2.C28H39N.C6H3Br2Cl/c1-55(2)25-29-59(9,10)51-36-41(17-21-47(51)55)64(42-18-22-48-52(37-42)60(11,12)30-26-56(48,3)4)45-33-40(63)34-46(35-45)65(43-19-23-49-53(38-43)61(13,14)31-27-57(49,5)6)44-20-24-50-54(39-44)62(15,16)32-28-58(50,7)8;1-25(2)13-15-27(5,6)23-17-19(9-11-21(23)25)29-20-10-12-22-24(18-20)28(7,8)16-14-26(22,3)4;7-4-1-5(8)3-6(9)2-4/h17-24,33-39H,25-32H2,1-16H3;9-12,17-18,29H,13-16H2,1-8H3;1-3H. The molecule has 8 aromatic carbocycles. The van der Waals surface area contributed by atoms with E-state index in [9.17, 15) is 0 Å². The fourth-order valence-electron chi connectivity index (χ4n) is 18.6. The highest BCUT2D eigenvalue weighted by Gasteiger charge is 2.44. The summed E-state index contributed by atoms with van der Waals surface area (Å²) in [4.78, 5) is 5.03.